The summed E-state index contributed by atoms with van der Waals surface area (Å²) in [6, 6.07) is 3.72. The lowest BCUT2D eigenvalue weighted by atomic mass is 10.1. The summed E-state index contributed by atoms with van der Waals surface area (Å²) < 4.78 is 5.52. The number of carbonyl (C=O) groups excluding carboxylic acids is 1. The van der Waals surface area contributed by atoms with Crippen LogP contribution in [0.3, 0.4) is 0 Å². The summed E-state index contributed by atoms with van der Waals surface area (Å²) in [7, 11) is 0. The van der Waals surface area contributed by atoms with E-state index in [-0.39, 0.29) is 12.5 Å². The van der Waals surface area contributed by atoms with E-state index in [1.807, 2.05) is 17.0 Å². The average molecular weight is 353 g/mol. The minimum Gasteiger partial charge on any atom is -0.461 e. The molecule has 0 unspecified atom stereocenters. The lowest BCUT2D eigenvalue weighted by Gasteiger charge is -2.27. The van der Waals surface area contributed by atoms with Gasteiger partial charge < -0.3 is 20.0 Å². The molecule has 136 valence electrons. The van der Waals surface area contributed by atoms with Gasteiger partial charge in [-0.1, -0.05) is 12.2 Å². The normalized spacial score (nSPS) is 17.1. The zero-order valence-electron chi connectivity index (χ0n) is 14.7. The van der Waals surface area contributed by atoms with Crippen molar-refractivity contribution < 1.29 is 9.21 Å². The van der Waals surface area contributed by atoms with Gasteiger partial charge in [-0.25, -0.2) is 9.97 Å². The second kappa shape index (κ2) is 7.29. The Balaban J connectivity index is 1.74. The Kier molecular flexibility index (Phi) is 4.71. The van der Waals surface area contributed by atoms with Gasteiger partial charge in [0, 0.05) is 38.2 Å². The molecule has 0 saturated heterocycles. The molecule has 4 heterocycles. The Morgan fingerprint density at radius 3 is 2.81 bits per heavy atom. The van der Waals surface area contributed by atoms with Crippen LogP contribution in [0.1, 0.15) is 17.7 Å². The van der Waals surface area contributed by atoms with Gasteiger partial charge in [0.15, 0.2) is 11.6 Å². The highest BCUT2D eigenvalue weighted by molar-refractivity contribution is 5.78. The molecule has 2 N–H and O–H groups in total. The lowest BCUT2D eigenvalue weighted by molar-refractivity contribution is -0.129. The zero-order chi connectivity index (χ0) is 17.9. The minimum atomic E-state index is -0.0144. The minimum absolute atomic E-state index is 0.0144. The average Bonchev–Trinajstić information content (AvgIpc) is 3.14. The Bertz CT molecular complexity index is 816. The molecule has 7 heteroatoms. The summed E-state index contributed by atoms with van der Waals surface area (Å²) in [5.41, 5.74) is 7.69. The molecule has 2 aliphatic heterocycles. The molecule has 0 saturated carbocycles. The zero-order valence-corrected chi connectivity index (χ0v) is 14.7. The molecule has 26 heavy (non-hydrogen) atoms. The van der Waals surface area contributed by atoms with Crippen LogP contribution in [0.2, 0.25) is 0 Å². The Morgan fingerprint density at radius 1 is 1.19 bits per heavy atom. The third-order valence-corrected chi connectivity index (χ3v) is 4.95. The summed E-state index contributed by atoms with van der Waals surface area (Å²) in [6.45, 7) is 3.11. The quantitative estimate of drug-likeness (QED) is 0.839. The van der Waals surface area contributed by atoms with Crippen molar-refractivity contribution in [3.8, 4) is 11.6 Å². The van der Waals surface area contributed by atoms with Gasteiger partial charge in [0.05, 0.1) is 18.5 Å². The van der Waals surface area contributed by atoms with E-state index in [1.165, 1.54) is 0 Å². The highest BCUT2D eigenvalue weighted by atomic mass is 16.3. The maximum Gasteiger partial charge on any atom is 0.236 e. The van der Waals surface area contributed by atoms with Crippen LogP contribution in [-0.2, 0) is 17.6 Å². The van der Waals surface area contributed by atoms with E-state index < -0.39 is 0 Å². The predicted molar refractivity (Wildman–Crippen MR) is 98.7 cm³/mol. The molecule has 2 aromatic heterocycles. The van der Waals surface area contributed by atoms with Gasteiger partial charge in [0.2, 0.25) is 5.91 Å². The third-order valence-electron chi connectivity index (χ3n) is 4.95. The first-order valence-corrected chi connectivity index (χ1v) is 9.07. The summed E-state index contributed by atoms with van der Waals surface area (Å²) in [4.78, 5) is 25.8. The number of carbonyl (C=O) groups is 1. The van der Waals surface area contributed by atoms with E-state index in [9.17, 15) is 4.79 Å². The van der Waals surface area contributed by atoms with Crippen LogP contribution >= 0.6 is 0 Å². The number of nitrogens with zero attached hydrogens (tertiary/aromatic N) is 4. The SMILES string of the molecule is NCC(=O)N1CCc2nc(-c3ccco3)nc(N3CC=CCC3)c2CC1. The third kappa shape index (κ3) is 3.22. The van der Waals surface area contributed by atoms with E-state index in [0.29, 0.717) is 31.1 Å². The standard InChI is InChI=1S/C19H23N5O2/c20-13-17(25)23-10-6-14-15(7-11-23)21-18(16-5-4-12-26-16)22-19(14)24-8-2-1-3-9-24/h1-2,4-5,12H,3,6-11,13,20H2. The van der Waals surface area contributed by atoms with Crippen molar-refractivity contribution in [3.05, 3.63) is 41.8 Å². The first-order chi connectivity index (χ1) is 12.8. The number of furan rings is 1. The number of fused-ring (bicyclic) bond motifs is 1. The van der Waals surface area contributed by atoms with E-state index in [1.54, 1.807) is 6.26 Å². The molecule has 4 rings (SSSR count). The predicted octanol–water partition coefficient (Wildman–Crippen LogP) is 1.39. The number of hydrogen-bond acceptors (Lipinski definition) is 6. The Hall–Kier alpha value is -2.67. The second-order valence-electron chi connectivity index (χ2n) is 6.56. The van der Waals surface area contributed by atoms with E-state index in [4.69, 9.17) is 20.1 Å². The smallest absolute Gasteiger partial charge is 0.236 e. The number of hydrogen-bond donors (Lipinski definition) is 1. The number of anilines is 1. The van der Waals surface area contributed by atoms with Crippen molar-refractivity contribution in [2.24, 2.45) is 5.73 Å². The van der Waals surface area contributed by atoms with Gasteiger partial charge in [-0.3, -0.25) is 4.79 Å². The molecule has 0 atom stereocenters. The fourth-order valence-electron chi connectivity index (χ4n) is 3.57. The Morgan fingerprint density at radius 2 is 2.08 bits per heavy atom. The first kappa shape index (κ1) is 16.8. The lowest BCUT2D eigenvalue weighted by Crippen LogP contribution is -2.37. The molecular weight excluding hydrogens is 330 g/mol. The van der Waals surface area contributed by atoms with Crippen LogP contribution in [0, 0.1) is 0 Å². The molecule has 2 aromatic rings. The van der Waals surface area contributed by atoms with Gasteiger partial charge in [-0.2, -0.15) is 0 Å². The number of nitrogens with two attached hydrogens (primary N) is 1. The molecule has 2 aliphatic rings. The van der Waals surface area contributed by atoms with Crippen molar-refractivity contribution in [1.82, 2.24) is 14.9 Å². The molecule has 1 amide bonds. The fourth-order valence-corrected chi connectivity index (χ4v) is 3.57. The molecule has 0 aliphatic carbocycles. The first-order valence-electron chi connectivity index (χ1n) is 9.07. The van der Waals surface area contributed by atoms with Crippen molar-refractivity contribution in [2.45, 2.75) is 19.3 Å². The molecule has 0 aromatic carbocycles. The van der Waals surface area contributed by atoms with Gasteiger partial charge in [0.25, 0.3) is 0 Å². The van der Waals surface area contributed by atoms with Crippen molar-refractivity contribution in [2.75, 3.05) is 37.6 Å². The second-order valence-corrected chi connectivity index (χ2v) is 6.56. The summed E-state index contributed by atoms with van der Waals surface area (Å²) in [6.07, 6.45) is 8.46. The van der Waals surface area contributed by atoms with Crippen LogP contribution < -0.4 is 10.6 Å². The van der Waals surface area contributed by atoms with Crippen molar-refractivity contribution in [1.29, 1.82) is 0 Å². The van der Waals surface area contributed by atoms with Gasteiger partial charge >= 0.3 is 0 Å². The van der Waals surface area contributed by atoms with E-state index in [2.05, 4.69) is 17.1 Å². The number of rotatable bonds is 3. The van der Waals surface area contributed by atoms with Crippen molar-refractivity contribution >= 4 is 11.7 Å². The number of amides is 1. The fraction of sp³-hybridized carbons (Fsp3) is 0.421. The van der Waals surface area contributed by atoms with E-state index in [0.717, 1.165) is 43.0 Å². The largest absolute Gasteiger partial charge is 0.461 e. The van der Waals surface area contributed by atoms with E-state index >= 15 is 0 Å². The molecule has 0 radical (unpaired) electrons. The van der Waals surface area contributed by atoms with Gasteiger partial charge in [-0.05, 0) is 25.0 Å². The van der Waals surface area contributed by atoms with Crippen LogP contribution in [0.15, 0.2) is 35.0 Å². The highest BCUT2D eigenvalue weighted by Gasteiger charge is 2.25. The maximum atomic E-state index is 12.0. The molecule has 0 fully saturated rings. The van der Waals surface area contributed by atoms with Crippen LogP contribution in [0.4, 0.5) is 5.82 Å². The summed E-state index contributed by atoms with van der Waals surface area (Å²) in [5.74, 6) is 2.23. The molecule has 7 nitrogen and oxygen atoms in total. The van der Waals surface area contributed by atoms with Crippen LogP contribution in [0.25, 0.3) is 11.6 Å². The maximum absolute atomic E-state index is 12.0. The molecule has 0 spiro atoms. The molecule has 0 bridgehead atoms. The molecular formula is C19H23N5O2. The Labute approximate surface area is 152 Å². The highest BCUT2D eigenvalue weighted by Crippen LogP contribution is 2.29. The van der Waals surface area contributed by atoms with Crippen LogP contribution in [-0.4, -0.2) is 53.5 Å². The van der Waals surface area contributed by atoms with Gasteiger partial charge in [0.1, 0.15) is 5.82 Å². The monoisotopic (exact) mass is 353 g/mol. The van der Waals surface area contributed by atoms with Crippen molar-refractivity contribution in [3.63, 3.8) is 0 Å². The summed E-state index contributed by atoms with van der Waals surface area (Å²) >= 11 is 0. The van der Waals surface area contributed by atoms with Crippen LogP contribution in [0.5, 0.6) is 0 Å². The van der Waals surface area contributed by atoms with Gasteiger partial charge in [-0.15, -0.1) is 0 Å². The topological polar surface area (TPSA) is 88.5 Å². The summed E-state index contributed by atoms with van der Waals surface area (Å²) in [5, 5.41) is 0. The number of aromatic nitrogens is 2.